The first-order valence-corrected chi connectivity index (χ1v) is 5.85. The van der Waals surface area contributed by atoms with Crippen molar-refractivity contribution in [1.29, 1.82) is 0 Å². The number of fused-ring (bicyclic) bond motifs is 1. The van der Waals surface area contributed by atoms with Gasteiger partial charge in [0.2, 0.25) is 0 Å². The van der Waals surface area contributed by atoms with Gasteiger partial charge in [-0.25, -0.2) is 0 Å². The van der Waals surface area contributed by atoms with Crippen LogP contribution in [0.15, 0.2) is 42.5 Å². The Bertz CT molecular complexity index is 374. The molecule has 0 amide bonds. The Morgan fingerprint density at radius 3 is 2.36 bits per heavy atom. The second-order valence-corrected chi connectivity index (χ2v) is 4.99. The average Bonchev–Trinajstić information content (AvgIpc) is 2.06. The molecular weight excluding hydrogens is 324 g/mol. The van der Waals surface area contributed by atoms with Crippen molar-refractivity contribution in [2.24, 2.45) is 0 Å². The van der Waals surface area contributed by atoms with Crippen LogP contribution >= 0.6 is 0 Å². The van der Waals surface area contributed by atoms with E-state index in [0.717, 1.165) is 25.8 Å². The van der Waals surface area contributed by atoms with Crippen LogP contribution in [0.3, 0.4) is 0 Å². The molecule has 0 atom stereocenters. The van der Waals surface area contributed by atoms with Crippen molar-refractivity contribution in [2.45, 2.75) is 0 Å². The van der Waals surface area contributed by atoms with E-state index in [9.17, 15) is 0 Å². The summed E-state index contributed by atoms with van der Waals surface area (Å²) in [5.74, 6) is 0. The summed E-state index contributed by atoms with van der Waals surface area (Å²) in [6, 6.07) is 15.1. The molecule has 1 heteroatoms. The summed E-state index contributed by atoms with van der Waals surface area (Å²) < 4.78 is 1.52. The van der Waals surface area contributed by atoms with Crippen LogP contribution in [0.1, 0.15) is 0 Å². The van der Waals surface area contributed by atoms with Crippen molar-refractivity contribution < 1.29 is 0 Å². The van der Waals surface area contributed by atoms with Crippen molar-refractivity contribution in [3.05, 3.63) is 42.5 Å². The van der Waals surface area contributed by atoms with Gasteiger partial charge in [-0.1, -0.05) is 0 Å². The quantitative estimate of drug-likeness (QED) is 0.644. The Kier molecular flexibility index (Phi) is 1.94. The molecular formula is C10H7Tl. The Hall–Kier alpha value is -0.378. The third-order valence-electron chi connectivity index (χ3n) is 1.82. The van der Waals surface area contributed by atoms with Gasteiger partial charge in [-0.2, -0.15) is 0 Å². The molecule has 0 unspecified atom stereocenters. The van der Waals surface area contributed by atoms with Crippen LogP contribution < -0.4 is 3.12 Å². The summed E-state index contributed by atoms with van der Waals surface area (Å²) in [5.41, 5.74) is 0. The molecule has 0 saturated heterocycles. The molecule has 0 aromatic heterocycles. The van der Waals surface area contributed by atoms with Crippen molar-refractivity contribution in [3.63, 3.8) is 0 Å². The van der Waals surface area contributed by atoms with Crippen molar-refractivity contribution >= 4 is 39.7 Å². The zero-order valence-corrected chi connectivity index (χ0v) is 10.6. The van der Waals surface area contributed by atoms with Gasteiger partial charge < -0.3 is 0 Å². The van der Waals surface area contributed by atoms with Crippen LogP contribution in [0.25, 0.3) is 10.8 Å². The normalized spacial score (nSPS) is 10.1. The first-order chi connectivity index (χ1) is 5.38. The molecule has 50 valence electrons. The van der Waals surface area contributed by atoms with Gasteiger partial charge in [-0.15, -0.1) is 0 Å². The third-order valence-corrected chi connectivity index (χ3v) is 3.78. The second kappa shape index (κ2) is 2.93. The SMILES string of the molecule is [Tl][c]1cccc2ccccc12. The summed E-state index contributed by atoms with van der Waals surface area (Å²) in [4.78, 5) is 0. The molecule has 2 aromatic rings. The van der Waals surface area contributed by atoms with E-state index in [4.69, 9.17) is 0 Å². The Labute approximate surface area is 81.9 Å². The number of rotatable bonds is 0. The predicted molar refractivity (Wildman–Crippen MR) is 49.3 cm³/mol. The van der Waals surface area contributed by atoms with Crippen LogP contribution in [0.5, 0.6) is 0 Å². The van der Waals surface area contributed by atoms with Gasteiger partial charge in [0.1, 0.15) is 0 Å². The fraction of sp³-hybridized carbons (Fsp3) is 0. The number of benzene rings is 2. The molecule has 0 aliphatic heterocycles. The van der Waals surface area contributed by atoms with Crippen molar-refractivity contribution in [1.82, 2.24) is 0 Å². The minimum absolute atomic E-state index is 0.936. The molecule has 11 heavy (non-hydrogen) atoms. The van der Waals surface area contributed by atoms with Crippen LogP contribution in [-0.4, -0.2) is 25.8 Å². The summed E-state index contributed by atoms with van der Waals surface area (Å²) in [6.07, 6.45) is 0. The summed E-state index contributed by atoms with van der Waals surface area (Å²) >= 11 is 0.936. The molecule has 2 rings (SSSR count). The van der Waals surface area contributed by atoms with Gasteiger partial charge in [0, 0.05) is 0 Å². The van der Waals surface area contributed by atoms with Gasteiger partial charge in [0.25, 0.3) is 0 Å². The third kappa shape index (κ3) is 1.31. The standard InChI is InChI=1S/C10H7.Tl/c1-2-6-10-8-4-3-7-9(10)5-1;/h1-7H;. The Balaban J connectivity index is 2.91. The fourth-order valence-corrected chi connectivity index (χ4v) is 2.70. The van der Waals surface area contributed by atoms with Crippen LogP contribution in [-0.2, 0) is 0 Å². The molecule has 0 bridgehead atoms. The van der Waals surface area contributed by atoms with Gasteiger partial charge in [-0.3, -0.25) is 0 Å². The zero-order chi connectivity index (χ0) is 7.68. The molecule has 0 spiro atoms. The molecule has 0 aliphatic rings. The second-order valence-electron chi connectivity index (χ2n) is 2.57. The minimum atomic E-state index is 0.936. The Morgan fingerprint density at radius 1 is 0.818 bits per heavy atom. The maximum absolute atomic E-state index is 2.22. The first-order valence-electron chi connectivity index (χ1n) is 3.61. The van der Waals surface area contributed by atoms with Crippen LogP contribution in [0.2, 0.25) is 0 Å². The maximum atomic E-state index is 2.22. The molecule has 0 N–H and O–H groups in total. The molecule has 0 nitrogen and oxygen atoms in total. The molecule has 0 heterocycles. The van der Waals surface area contributed by atoms with E-state index < -0.39 is 0 Å². The number of hydrogen-bond donors (Lipinski definition) is 0. The zero-order valence-electron chi connectivity index (χ0n) is 6.12. The molecule has 0 fully saturated rings. The molecule has 2 aromatic carbocycles. The fourth-order valence-electron chi connectivity index (χ4n) is 1.25. The monoisotopic (exact) mass is 332 g/mol. The van der Waals surface area contributed by atoms with Crippen LogP contribution in [0, 0.1) is 0 Å². The molecule has 0 aliphatic carbocycles. The van der Waals surface area contributed by atoms with E-state index in [1.54, 1.807) is 0 Å². The average molecular weight is 332 g/mol. The van der Waals surface area contributed by atoms with E-state index in [-0.39, 0.29) is 0 Å². The number of hydrogen-bond acceptors (Lipinski definition) is 0. The summed E-state index contributed by atoms with van der Waals surface area (Å²) in [6.45, 7) is 0. The van der Waals surface area contributed by atoms with E-state index in [1.165, 1.54) is 13.9 Å². The van der Waals surface area contributed by atoms with Crippen molar-refractivity contribution in [3.8, 4) is 0 Å². The first kappa shape index (κ1) is 7.28. The summed E-state index contributed by atoms with van der Waals surface area (Å²) in [5, 5.41) is 2.80. The molecule has 0 saturated carbocycles. The van der Waals surface area contributed by atoms with Gasteiger partial charge in [0.05, 0.1) is 0 Å². The van der Waals surface area contributed by atoms with Crippen LogP contribution in [0.4, 0.5) is 0 Å². The molecule has 0 radical (unpaired) electrons. The van der Waals surface area contributed by atoms with Gasteiger partial charge >= 0.3 is 82.1 Å². The van der Waals surface area contributed by atoms with E-state index >= 15 is 0 Å². The van der Waals surface area contributed by atoms with Gasteiger partial charge in [0.15, 0.2) is 0 Å². The van der Waals surface area contributed by atoms with E-state index in [1.807, 2.05) is 0 Å². The summed E-state index contributed by atoms with van der Waals surface area (Å²) in [7, 11) is 0. The van der Waals surface area contributed by atoms with E-state index in [2.05, 4.69) is 42.5 Å². The topological polar surface area (TPSA) is 0 Å². The van der Waals surface area contributed by atoms with Crippen molar-refractivity contribution in [2.75, 3.05) is 0 Å². The predicted octanol–water partition coefficient (Wildman–Crippen LogP) is 1.63. The van der Waals surface area contributed by atoms with E-state index in [0.29, 0.717) is 0 Å². The Morgan fingerprint density at radius 2 is 1.55 bits per heavy atom. The van der Waals surface area contributed by atoms with Gasteiger partial charge in [-0.05, 0) is 0 Å².